The van der Waals surface area contributed by atoms with Crippen LogP contribution in [0.1, 0.15) is 20.3 Å². The molecule has 0 bridgehead atoms. The van der Waals surface area contributed by atoms with E-state index in [1.807, 2.05) is 48.7 Å². The van der Waals surface area contributed by atoms with Crippen molar-refractivity contribution in [3.8, 4) is 5.88 Å². The van der Waals surface area contributed by atoms with Crippen LogP contribution in [0.5, 0.6) is 5.88 Å². The zero-order chi connectivity index (χ0) is 20.2. The van der Waals surface area contributed by atoms with Gasteiger partial charge in [0, 0.05) is 43.4 Å². The van der Waals surface area contributed by atoms with Crippen LogP contribution in [-0.2, 0) is 9.59 Å². The Morgan fingerprint density at radius 3 is 2.48 bits per heavy atom. The van der Waals surface area contributed by atoms with Gasteiger partial charge in [-0.3, -0.25) is 4.79 Å². The molecule has 0 aromatic carbocycles. The van der Waals surface area contributed by atoms with Gasteiger partial charge in [-0.2, -0.15) is 13.2 Å². The summed E-state index contributed by atoms with van der Waals surface area (Å²) >= 11 is 1.95. The second kappa shape index (κ2) is 8.37. The molecule has 2 aliphatic rings. The van der Waals surface area contributed by atoms with Gasteiger partial charge in [-0.05, 0) is 6.07 Å². The number of aliphatic carboxylic acids is 1. The second-order valence-electron chi connectivity index (χ2n) is 6.76. The van der Waals surface area contributed by atoms with E-state index in [0.29, 0.717) is 5.88 Å². The Bertz CT molecular complexity index is 664. The number of pyridine rings is 1. The maximum Gasteiger partial charge on any atom is 0.490 e. The summed E-state index contributed by atoms with van der Waals surface area (Å²) in [6.45, 7) is 5.66. The lowest BCUT2D eigenvalue weighted by Crippen LogP contribution is -2.61. The van der Waals surface area contributed by atoms with E-state index in [-0.39, 0.29) is 22.7 Å². The lowest BCUT2D eigenvalue weighted by molar-refractivity contribution is -0.192. The molecule has 1 aromatic heterocycles. The van der Waals surface area contributed by atoms with E-state index in [0.717, 1.165) is 25.3 Å². The summed E-state index contributed by atoms with van der Waals surface area (Å²) in [6, 6.07) is 5.72. The molecule has 6 nitrogen and oxygen atoms in total. The fourth-order valence-electron chi connectivity index (χ4n) is 2.86. The van der Waals surface area contributed by atoms with Gasteiger partial charge >= 0.3 is 12.1 Å². The Labute approximate surface area is 159 Å². The van der Waals surface area contributed by atoms with Gasteiger partial charge < -0.3 is 14.7 Å². The summed E-state index contributed by atoms with van der Waals surface area (Å²) in [4.78, 5) is 27.0. The molecule has 1 N–H and O–H groups in total. The lowest BCUT2D eigenvalue weighted by atomic mass is 9.92. The van der Waals surface area contributed by atoms with Crippen molar-refractivity contribution in [3.05, 3.63) is 24.4 Å². The van der Waals surface area contributed by atoms with Crippen molar-refractivity contribution in [1.29, 1.82) is 0 Å². The third-order valence-electron chi connectivity index (χ3n) is 4.11. The highest BCUT2D eigenvalue weighted by Crippen LogP contribution is 2.46. The molecule has 1 atom stereocenters. The van der Waals surface area contributed by atoms with Crippen LogP contribution in [0.2, 0.25) is 0 Å². The van der Waals surface area contributed by atoms with Gasteiger partial charge in [-0.15, -0.1) is 11.8 Å². The molecule has 0 aliphatic carbocycles. The van der Waals surface area contributed by atoms with Crippen LogP contribution in [-0.4, -0.2) is 62.7 Å². The first-order valence-electron chi connectivity index (χ1n) is 8.33. The molecule has 0 saturated carbocycles. The van der Waals surface area contributed by atoms with Crippen LogP contribution in [0.25, 0.3) is 0 Å². The molecular formula is C17H21F3N2O4S. The third-order valence-corrected chi connectivity index (χ3v) is 5.68. The smallest absolute Gasteiger partial charge is 0.475 e. The zero-order valence-corrected chi connectivity index (χ0v) is 15.7. The van der Waals surface area contributed by atoms with Gasteiger partial charge in [0.05, 0.1) is 4.75 Å². The molecule has 10 heteroatoms. The summed E-state index contributed by atoms with van der Waals surface area (Å²) in [6.07, 6.45) is -2.11. The van der Waals surface area contributed by atoms with Crippen LogP contribution < -0.4 is 4.74 Å². The van der Waals surface area contributed by atoms with Crippen molar-refractivity contribution < 1.29 is 32.6 Å². The number of aromatic nitrogens is 1. The van der Waals surface area contributed by atoms with Crippen LogP contribution >= 0.6 is 11.8 Å². The first-order chi connectivity index (χ1) is 12.5. The Morgan fingerprint density at radius 2 is 2.00 bits per heavy atom. The molecule has 1 unspecified atom stereocenters. The van der Waals surface area contributed by atoms with Crippen molar-refractivity contribution in [2.75, 3.05) is 18.8 Å². The maximum absolute atomic E-state index is 11.9. The van der Waals surface area contributed by atoms with E-state index in [4.69, 9.17) is 14.6 Å². The predicted octanol–water partition coefficient (Wildman–Crippen LogP) is 2.84. The highest BCUT2D eigenvalue weighted by molar-refractivity contribution is 8.01. The monoisotopic (exact) mass is 406 g/mol. The summed E-state index contributed by atoms with van der Waals surface area (Å²) in [5.41, 5.74) is 0. The number of likely N-dealkylation sites (tertiary alicyclic amines) is 1. The normalized spacial score (nSPS) is 20.7. The van der Waals surface area contributed by atoms with Gasteiger partial charge in [-0.25, -0.2) is 9.78 Å². The van der Waals surface area contributed by atoms with Crippen molar-refractivity contribution >= 4 is 23.6 Å². The number of hydrogen-bond donors (Lipinski definition) is 1. The maximum atomic E-state index is 11.9. The quantitative estimate of drug-likeness (QED) is 0.832. The average molecular weight is 406 g/mol. The first-order valence-corrected chi connectivity index (χ1v) is 9.31. The molecule has 1 spiro atoms. The number of alkyl halides is 3. The Kier molecular flexibility index (Phi) is 6.61. The molecule has 150 valence electrons. The van der Waals surface area contributed by atoms with Crippen molar-refractivity contribution in [1.82, 2.24) is 9.88 Å². The molecule has 2 fully saturated rings. The van der Waals surface area contributed by atoms with Crippen LogP contribution in [0.15, 0.2) is 24.4 Å². The number of carboxylic acids is 1. The predicted molar refractivity (Wildman–Crippen MR) is 93.6 cm³/mol. The molecule has 0 radical (unpaired) electrons. The standard InChI is InChI=1S/C15H20N2O2S.C2HF3O2/c1-11(2)14(18)17-9-15(10-17)7-12(8-20-15)19-13-5-3-4-6-16-13;3-2(4,5)1(6)7/h3-6,11-12H,7-10H2,1-2H3;(H,6,7). The molecule has 3 rings (SSSR count). The number of amides is 1. The van der Waals surface area contributed by atoms with Gasteiger partial charge in [0.1, 0.15) is 6.10 Å². The van der Waals surface area contributed by atoms with Crippen molar-refractivity contribution in [2.24, 2.45) is 5.92 Å². The summed E-state index contributed by atoms with van der Waals surface area (Å²) < 4.78 is 37.9. The SMILES string of the molecule is CC(C)C(=O)N1CC2(CC(Oc3ccccn3)CS2)C1.O=C(O)C(F)(F)F. The Hall–Kier alpha value is -1.97. The van der Waals surface area contributed by atoms with Crippen LogP contribution in [0, 0.1) is 5.92 Å². The topological polar surface area (TPSA) is 79.7 Å². The first kappa shape index (κ1) is 21.3. The fraction of sp³-hybridized carbons (Fsp3) is 0.588. The average Bonchev–Trinajstić information content (AvgIpc) is 2.97. The molecular weight excluding hydrogens is 385 g/mol. The fourth-order valence-corrected chi connectivity index (χ4v) is 4.38. The number of nitrogens with zero attached hydrogens (tertiary/aromatic N) is 2. The van der Waals surface area contributed by atoms with Crippen molar-refractivity contribution in [2.45, 2.75) is 37.3 Å². The second-order valence-corrected chi connectivity index (χ2v) is 8.25. The zero-order valence-electron chi connectivity index (χ0n) is 14.9. The minimum absolute atomic E-state index is 0.0966. The molecule has 3 heterocycles. The van der Waals surface area contributed by atoms with E-state index in [9.17, 15) is 18.0 Å². The van der Waals surface area contributed by atoms with Crippen molar-refractivity contribution in [3.63, 3.8) is 0 Å². The molecule has 2 saturated heterocycles. The largest absolute Gasteiger partial charge is 0.490 e. The minimum Gasteiger partial charge on any atom is -0.475 e. The molecule has 1 amide bonds. The number of carbonyl (C=O) groups is 2. The van der Waals surface area contributed by atoms with E-state index in [2.05, 4.69) is 4.98 Å². The Morgan fingerprint density at radius 1 is 1.37 bits per heavy atom. The van der Waals surface area contributed by atoms with Crippen LogP contribution in [0.3, 0.4) is 0 Å². The van der Waals surface area contributed by atoms with Crippen LogP contribution in [0.4, 0.5) is 13.2 Å². The number of rotatable bonds is 3. The van der Waals surface area contributed by atoms with E-state index >= 15 is 0 Å². The highest BCUT2D eigenvalue weighted by Gasteiger charge is 2.51. The number of carbonyl (C=O) groups excluding carboxylic acids is 1. The van der Waals surface area contributed by atoms with Gasteiger partial charge in [0.2, 0.25) is 11.8 Å². The number of halogens is 3. The third kappa shape index (κ3) is 5.75. The molecule has 27 heavy (non-hydrogen) atoms. The number of hydrogen-bond acceptors (Lipinski definition) is 5. The van der Waals surface area contributed by atoms with E-state index in [1.54, 1.807) is 6.20 Å². The highest BCUT2D eigenvalue weighted by atomic mass is 32.2. The molecule has 1 aromatic rings. The molecule has 2 aliphatic heterocycles. The minimum atomic E-state index is -5.08. The van der Waals surface area contributed by atoms with Gasteiger partial charge in [0.15, 0.2) is 0 Å². The summed E-state index contributed by atoms with van der Waals surface area (Å²) in [7, 11) is 0. The number of thioether (sulfide) groups is 1. The lowest BCUT2D eigenvalue weighted by Gasteiger charge is -2.48. The van der Waals surface area contributed by atoms with E-state index < -0.39 is 12.1 Å². The summed E-state index contributed by atoms with van der Waals surface area (Å²) in [5, 5.41) is 7.12. The van der Waals surface area contributed by atoms with E-state index in [1.165, 1.54) is 0 Å². The number of carboxylic acid groups (broad SMARTS) is 1. The van der Waals surface area contributed by atoms with Gasteiger partial charge in [-0.1, -0.05) is 19.9 Å². The van der Waals surface area contributed by atoms with Gasteiger partial charge in [0.25, 0.3) is 0 Å². The Balaban J connectivity index is 0.000000321. The summed E-state index contributed by atoms with van der Waals surface area (Å²) in [5.74, 6) is -0.706. The number of ether oxygens (including phenoxy) is 1.